The zero-order valence-corrected chi connectivity index (χ0v) is 15.6. The number of carbonyl (C=O) groups is 2. The van der Waals surface area contributed by atoms with Crippen molar-refractivity contribution in [1.82, 2.24) is 14.9 Å². The maximum Gasteiger partial charge on any atom is 0.359 e. The predicted octanol–water partition coefficient (Wildman–Crippen LogP) is 0.847. The van der Waals surface area contributed by atoms with E-state index in [-0.39, 0.29) is 30.2 Å². The van der Waals surface area contributed by atoms with E-state index in [0.717, 1.165) is 0 Å². The predicted molar refractivity (Wildman–Crippen MR) is 102 cm³/mol. The number of aromatic nitrogens is 2. The van der Waals surface area contributed by atoms with Gasteiger partial charge in [0.05, 0.1) is 18.5 Å². The zero-order valence-electron chi connectivity index (χ0n) is 15.6. The molecule has 1 fully saturated rings. The molecule has 1 aliphatic heterocycles. The van der Waals surface area contributed by atoms with E-state index < -0.39 is 17.5 Å². The Kier molecular flexibility index (Phi) is 5.29. The van der Waals surface area contributed by atoms with Crippen LogP contribution >= 0.6 is 0 Å². The third-order valence-electron chi connectivity index (χ3n) is 4.33. The normalized spacial score (nSPS) is 18.5. The van der Waals surface area contributed by atoms with Gasteiger partial charge in [-0.25, -0.2) is 14.8 Å². The fourth-order valence-corrected chi connectivity index (χ4v) is 2.77. The van der Waals surface area contributed by atoms with E-state index in [1.165, 1.54) is 11.1 Å². The number of likely N-dealkylation sites (N-methyl/N-ethyl adjacent to an activating group) is 1. The maximum atomic E-state index is 12.0. The van der Waals surface area contributed by atoms with Gasteiger partial charge in [-0.1, -0.05) is 24.0 Å². The van der Waals surface area contributed by atoms with Gasteiger partial charge in [0, 0.05) is 31.1 Å². The standard InChI is InChI=1S/C20H20N4O4/c1-3-28-18(25)16-15(21)12-22-17(23-16)14-6-4-5-13(11-14)7-8-20(27)9-10-24(2)19(20)26/h4-6,11-12,27H,3,9-10,21H2,1-2H3/t20-/m0/s1. The van der Waals surface area contributed by atoms with E-state index in [0.29, 0.717) is 17.7 Å². The molecule has 0 spiro atoms. The van der Waals surface area contributed by atoms with Gasteiger partial charge in [-0.2, -0.15) is 0 Å². The molecule has 3 N–H and O–H groups in total. The molecule has 1 saturated heterocycles. The number of amides is 1. The Labute approximate surface area is 162 Å². The van der Waals surface area contributed by atoms with E-state index in [9.17, 15) is 14.7 Å². The van der Waals surface area contributed by atoms with Crippen LogP contribution in [0.25, 0.3) is 11.4 Å². The van der Waals surface area contributed by atoms with E-state index >= 15 is 0 Å². The van der Waals surface area contributed by atoms with Crippen molar-refractivity contribution in [2.75, 3.05) is 25.9 Å². The first kappa shape index (κ1) is 19.3. The van der Waals surface area contributed by atoms with Crippen LogP contribution in [-0.2, 0) is 9.53 Å². The molecule has 2 aromatic rings. The lowest BCUT2D eigenvalue weighted by molar-refractivity contribution is -0.137. The molecular formula is C20H20N4O4. The molecule has 8 heteroatoms. The topological polar surface area (TPSA) is 119 Å². The van der Waals surface area contributed by atoms with Crippen molar-refractivity contribution < 1.29 is 19.4 Å². The van der Waals surface area contributed by atoms with Crippen molar-refractivity contribution in [3.63, 3.8) is 0 Å². The van der Waals surface area contributed by atoms with E-state index in [2.05, 4.69) is 21.8 Å². The highest BCUT2D eigenvalue weighted by molar-refractivity contribution is 5.93. The molecule has 1 aromatic carbocycles. The van der Waals surface area contributed by atoms with Gasteiger partial charge in [0.25, 0.3) is 5.91 Å². The summed E-state index contributed by atoms with van der Waals surface area (Å²) in [7, 11) is 1.63. The van der Waals surface area contributed by atoms with Crippen LogP contribution in [0.4, 0.5) is 5.69 Å². The van der Waals surface area contributed by atoms with E-state index in [1.807, 2.05) is 0 Å². The average molecular weight is 380 g/mol. The van der Waals surface area contributed by atoms with Crippen molar-refractivity contribution in [3.05, 3.63) is 41.7 Å². The Morgan fingerprint density at radius 2 is 2.25 bits per heavy atom. The van der Waals surface area contributed by atoms with Gasteiger partial charge in [0.2, 0.25) is 5.60 Å². The number of carbonyl (C=O) groups excluding carboxylic acids is 2. The Hall–Kier alpha value is -3.44. The number of nitrogens with zero attached hydrogens (tertiary/aromatic N) is 3. The monoisotopic (exact) mass is 380 g/mol. The van der Waals surface area contributed by atoms with Crippen molar-refractivity contribution in [2.24, 2.45) is 0 Å². The van der Waals surface area contributed by atoms with E-state index in [4.69, 9.17) is 10.5 Å². The number of nitrogens with two attached hydrogens (primary N) is 1. The van der Waals surface area contributed by atoms with Crippen LogP contribution in [0.15, 0.2) is 30.5 Å². The molecule has 0 unspecified atom stereocenters. The molecule has 1 atom stereocenters. The molecule has 0 bridgehead atoms. The Morgan fingerprint density at radius 3 is 2.93 bits per heavy atom. The Morgan fingerprint density at radius 1 is 1.46 bits per heavy atom. The van der Waals surface area contributed by atoms with Gasteiger partial charge in [-0.3, -0.25) is 4.79 Å². The molecule has 1 aliphatic rings. The highest BCUT2D eigenvalue weighted by Gasteiger charge is 2.42. The minimum Gasteiger partial charge on any atom is -0.461 e. The van der Waals surface area contributed by atoms with Crippen LogP contribution < -0.4 is 5.73 Å². The number of aliphatic hydroxyl groups is 1. The molecular weight excluding hydrogens is 360 g/mol. The highest BCUT2D eigenvalue weighted by Crippen LogP contribution is 2.22. The summed E-state index contributed by atoms with van der Waals surface area (Å²) in [5, 5.41) is 10.4. The summed E-state index contributed by atoms with van der Waals surface area (Å²) in [5.41, 5.74) is 5.42. The summed E-state index contributed by atoms with van der Waals surface area (Å²) in [5.74, 6) is 4.77. The fourth-order valence-electron chi connectivity index (χ4n) is 2.77. The molecule has 2 heterocycles. The van der Waals surface area contributed by atoms with Crippen molar-refractivity contribution in [2.45, 2.75) is 18.9 Å². The number of rotatable bonds is 3. The van der Waals surface area contributed by atoms with Gasteiger partial charge in [-0.05, 0) is 19.1 Å². The molecule has 1 aromatic heterocycles. The van der Waals surface area contributed by atoms with Crippen LogP contribution in [0, 0.1) is 11.8 Å². The molecule has 0 radical (unpaired) electrons. The molecule has 1 amide bonds. The highest BCUT2D eigenvalue weighted by atomic mass is 16.5. The second-order valence-electron chi connectivity index (χ2n) is 6.39. The summed E-state index contributed by atoms with van der Waals surface area (Å²) < 4.78 is 4.95. The molecule has 3 rings (SSSR count). The summed E-state index contributed by atoms with van der Waals surface area (Å²) in [6.07, 6.45) is 1.61. The number of ether oxygens (including phenoxy) is 1. The third-order valence-corrected chi connectivity index (χ3v) is 4.33. The van der Waals surface area contributed by atoms with Crippen molar-refractivity contribution in [3.8, 4) is 23.2 Å². The summed E-state index contributed by atoms with van der Waals surface area (Å²) in [4.78, 5) is 33.8. The van der Waals surface area contributed by atoms with E-state index in [1.54, 1.807) is 38.2 Å². The zero-order chi connectivity index (χ0) is 20.3. The lowest BCUT2D eigenvalue weighted by atomic mass is 10.0. The first-order chi connectivity index (χ1) is 13.3. The second-order valence-corrected chi connectivity index (χ2v) is 6.39. The summed E-state index contributed by atoms with van der Waals surface area (Å²) in [6, 6.07) is 6.96. The fraction of sp³-hybridized carbons (Fsp3) is 0.300. The quantitative estimate of drug-likeness (QED) is 0.598. The van der Waals surface area contributed by atoms with Gasteiger partial charge in [0.15, 0.2) is 11.5 Å². The largest absolute Gasteiger partial charge is 0.461 e. The number of hydrogen-bond acceptors (Lipinski definition) is 7. The smallest absolute Gasteiger partial charge is 0.359 e. The summed E-state index contributed by atoms with van der Waals surface area (Å²) >= 11 is 0. The molecule has 8 nitrogen and oxygen atoms in total. The van der Waals surface area contributed by atoms with Gasteiger partial charge in [-0.15, -0.1) is 0 Å². The molecule has 0 aliphatic carbocycles. The first-order valence-electron chi connectivity index (χ1n) is 8.75. The van der Waals surface area contributed by atoms with Crippen LogP contribution in [-0.4, -0.2) is 57.7 Å². The van der Waals surface area contributed by atoms with Crippen LogP contribution in [0.5, 0.6) is 0 Å². The number of anilines is 1. The first-order valence-corrected chi connectivity index (χ1v) is 8.75. The van der Waals surface area contributed by atoms with Gasteiger partial charge in [0.1, 0.15) is 0 Å². The van der Waals surface area contributed by atoms with Crippen LogP contribution in [0.2, 0.25) is 0 Å². The SMILES string of the molecule is CCOC(=O)c1nc(-c2cccc(C#C[C@]3(O)CCN(C)C3=O)c2)ncc1N. The Balaban J connectivity index is 1.91. The lowest BCUT2D eigenvalue weighted by Crippen LogP contribution is -2.37. The third kappa shape index (κ3) is 3.80. The van der Waals surface area contributed by atoms with Gasteiger partial charge < -0.3 is 20.5 Å². The van der Waals surface area contributed by atoms with Crippen molar-refractivity contribution >= 4 is 17.6 Å². The number of nitrogen functional groups attached to an aromatic ring is 1. The number of benzene rings is 1. The van der Waals surface area contributed by atoms with Crippen LogP contribution in [0.1, 0.15) is 29.4 Å². The van der Waals surface area contributed by atoms with Crippen LogP contribution in [0.3, 0.4) is 0 Å². The minimum absolute atomic E-state index is 0.00256. The maximum absolute atomic E-state index is 12.0. The minimum atomic E-state index is -1.67. The second kappa shape index (κ2) is 7.66. The average Bonchev–Trinajstić information content (AvgIpc) is 2.95. The number of likely N-dealkylation sites (tertiary alicyclic amines) is 1. The Bertz CT molecular complexity index is 995. The lowest BCUT2D eigenvalue weighted by Gasteiger charge is -2.13. The van der Waals surface area contributed by atoms with Crippen molar-refractivity contribution in [1.29, 1.82) is 0 Å². The number of esters is 1. The van der Waals surface area contributed by atoms with Gasteiger partial charge >= 0.3 is 5.97 Å². The molecule has 0 saturated carbocycles. The molecule has 144 valence electrons. The number of hydrogen-bond donors (Lipinski definition) is 2. The summed E-state index contributed by atoms with van der Waals surface area (Å²) in [6.45, 7) is 2.36. The molecule has 28 heavy (non-hydrogen) atoms.